The summed E-state index contributed by atoms with van der Waals surface area (Å²) in [5.41, 5.74) is 2.02. The molecule has 1 fully saturated rings. The average molecular weight is 260 g/mol. The lowest BCUT2D eigenvalue weighted by Crippen LogP contribution is -2.34. The van der Waals surface area contributed by atoms with E-state index in [0.717, 1.165) is 0 Å². The first-order valence-electron chi connectivity index (χ1n) is 5.44. The van der Waals surface area contributed by atoms with Gasteiger partial charge in [-0.05, 0) is 0 Å². The smallest absolute Gasteiger partial charge is 0.332 e. The number of carboxylic acids is 1. The minimum Gasteiger partial charge on any atom is -0.479 e. The van der Waals surface area contributed by atoms with Crippen molar-refractivity contribution < 1.29 is 29.1 Å². The zero-order valence-electron chi connectivity index (χ0n) is 10.0. The third-order valence-electron chi connectivity index (χ3n) is 2.52. The van der Waals surface area contributed by atoms with Crippen molar-refractivity contribution >= 4 is 17.8 Å². The Labute approximate surface area is 104 Å². The van der Waals surface area contributed by atoms with E-state index in [9.17, 15) is 14.4 Å². The van der Waals surface area contributed by atoms with Gasteiger partial charge in [-0.2, -0.15) is 0 Å². The third kappa shape index (κ3) is 4.30. The van der Waals surface area contributed by atoms with E-state index < -0.39 is 24.4 Å². The van der Waals surface area contributed by atoms with Gasteiger partial charge in [-0.1, -0.05) is 0 Å². The lowest BCUT2D eigenvalue weighted by Gasteiger charge is -2.15. The summed E-state index contributed by atoms with van der Waals surface area (Å²) in [4.78, 5) is 39.3. The maximum absolute atomic E-state index is 11.6. The van der Waals surface area contributed by atoms with E-state index in [1.54, 1.807) is 0 Å². The highest BCUT2D eigenvalue weighted by Gasteiger charge is 2.34. The fourth-order valence-corrected chi connectivity index (χ4v) is 1.62. The number of methoxy groups -OCH3 is 1. The number of nitrogens with one attached hydrogen (secondary N) is 1. The average Bonchev–Trinajstić information content (AvgIpc) is 2.67. The molecule has 1 aliphatic heterocycles. The number of ether oxygens (including phenoxy) is 1. The van der Waals surface area contributed by atoms with Crippen LogP contribution in [0, 0.1) is 5.92 Å². The fourth-order valence-electron chi connectivity index (χ4n) is 1.62. The molecule has 1 atom stereocenters. The van der Waals surface area contributed by atoms with E-state index in [4.69, 9.17) is 9.84 Å². The number of carbonyl (C=O) groups is 3. The van der Waals surface area contributed by atoms with Crippen molar-refractivity contribution in [2.75, 3.05) is 33.4 Å². The maximum atomic E-state index is 11.6. The van der Waals surface area contributed by atoms with E-state index >= 15 is 0 Å². The van der Waals surface area contributed by atoms with Gasteiger partial charge in [-0.3, -0.25) is 14.4 Å². The molecule has 1 rings (SSSR count). The van der Waals surface area contributed by atoms with E-state index in [2.05, 4.69) is 4.84 Å². The van der Waals surface area contributed by atoms with Crippen LogP contribution >= 0.6 is 0 Å². The van der Waals surface area contributed by atoms with Crippen molar-refractivity contribution in [3.8, 4) is 0 Å². The van der Waals surface area contributed by atoms with Gasteiger partial charge in [0.25, 0.3) is 0 Å². The molecule has 0 radical (unpaired) electrons. The molecule has 0 aromatic carbocycles. The van der Waals surface area contributed by atoms with Crippen molar-refractivity contribution in [1.29, 1.82) is 0 Å². The molecular weight excluding hydrogens is 244 g/mol. The molecule has 1 saturated heterocycles. The Bertz CT molecular complexity index is 332. The number of carboxylic acid groups (broad SMARTS) is 1. The molecule has 1 heterocycles. The Hall–Kier alpha value is -1.67. The van der Waals surface area contributed by atoms with Crippen LogP contribution in [0.3, 0.4) is 0 Å². The zero-order chi connectivity index (χ0) is 13.5. The van der Waals surface area contributed by atoms with Crippen LogP contribution in [0.25, 0.3) is 0 Å². The second-order valence-corrected chi connectivity index (χ2v) is 3.88. The second-order valence-electron chi connectivity index (χ2n) is 3.88. The van der Waals surface area contributed by atoms with Gasteiger partial charge < -0.3 is 14.7 Å². The first-order chi connectivity index (χ1) is 8.54. The van der Waals surface area contributed by atoms with Crippen molar-refractivity contribution in [3.63, 3.8) is 0 Å². The summed E-state index contributed by atoms with van der Waals surface area (Å²) in [5.74, 6) is -2.29. The number of aliphatic carboxylic acids is 1. The number of hydroxylamine groups is 1. The Kier molecular flexibility index (Phi) is 5.53. The largest absolute Gasteiger partial charge is 0.479 e. The fraction of sp³-hybridized carbons (Fsp3) is 0.700. The summed E-state index contributed by atoms with van der Waals surface area (Å²) in [6.07, 6.45) is 0.103. The summed E-state index contributed by atoms with van der Waals surface area (Å²) >= 11 is 0. The molecule has 0 aromatic rings. The van der Waals surface area contributed by atoms with E-state index in [0.29, 0.717) is 19.7 Å². The maximum Gasteiger partial charge on any atom is 0.332 e. The molecule has 1 unspecified atom stereocenters. The highest BCUT2D eigenvalue weighted by Crippen LogP contribution is 2.17. The highest BCUT2D eigenvalue weighted by atomic mass is 16.7. The van der Waals surface area contributed by atoms with E-state index in [1.807, 2.05) is 5.48 Å². The predicted octanol–water partition coefficient (Wildman–Crippen LogP) is -1.39. The molecule has 2 amide bonds. The van der Waals surface area contributed by atoms with Crippen LogP contribution in [0.4, 0.5) is 0 Å². The topological polar surface area (TPSA) is 105 Å². The highest BCUT2D eigenvalue weighted by molar-refractivity contribution is 5.88. The van der Waals surface area contributed by atoms with Gasteiger partial charge in [0.1, 0.15) is 0 Å². The molecule has 0 spiro atoms. The van der Waals surface area contributed by atoms with Crippen LogP contribution in [-0.2, 0) is 24.0 Å². The summed E-state index contributed by atoms with van der Waals surface area (Å²) in [5, 5.41) is 8.32. The van der Waals surface area contributed by atoms with Gasteiger partial charge in [0.2, 0.25) is 11.8 Å². The predicted molar refractivity (Wildman–Crippen MR) is 58.3 cm³/mol. The molecule has 1 aliphatic rings. The SMILES string of the molecule is COCCN1CC(C(=O)NOCC(=O)O)CC1=O. The van der Waals surface area contributed by atoms with Crippen LogP contribution in [0.2, 0.25) is 0 Å². The first kappa shape index (κ1) is 14.4. The molecule has 0 bridgehead atoms. The molecule has 0 aromatic heterocycles. The summed E-state index contributed by atoms with van der Waals surface area (Å²) < 4.78 is 4.85. The molecule has 2 N–H and O–H groups in total. The Morgan fingerprint density at radius 1 is 1.56 bits per heavy atom. The monoisotopic (exact) mass is 260 g/mol. The number of carbonyl (C=O) groups excluding carboxylic acids is 2. The van der Waals surface area contributed by atoms with Crippen molar-refractivity contribution in [1.82, 2.24) is 10.4 Å². The molecule has 0 aliphatic carbocycles. The molecular formula is C10H16N2O6. The van der Waals surface area contributed by atoms with Crippen molar-refractivity contribution in [2.45, 2.75) is 6.42 Å². The lowest BCUT2D eigenvalue weighted by molar-refractivity contribution is -0.150. The standard InChI is InChI=1S/C10H16N2O6/c1-17-3-2-12-5-7(4-8(12)13)10(16)11-18-6-9(14)15/h7H,2-6H2,1H3,(H,11,16)(H,14,15). The van der Waals surface area contributed by atoms with Crippen LogP contribution in [-0.4, -0.2) is 61.2 Å². The number of amides is 2. The van der Waals surface area contributed by atoms with Gasteiger partial charge in [0, 0.05) is 26.6 Å². The number of hydrogen-bond acceptors (Lipinski definition) is 5. The minimum absolute atomic E-state index is 0.103. The molecule has 102 valence electrons. The number of hydrogen-bond donors (Lipinski definition) is 2. The molecule has 8 nitrogen and oxygen atoms in total. The van der Waals surface area contributed by atoms with Crippen LogP contribution in [0.15, 0.2) is 0 Å². The summed E-state index contributed by atoms with van der Waals surface area (Å²) in [7, 11) is 1.53. The van der Waals surface area contributed by atoms with Gasteiger partial charge in [-0.15, -0.1) is 0 Å². The third-order valence-corrected chi connectivity index (χ3v) is 2.52. The zero-order valence-corrected chi connectivity index (χ0v) is 10.0. The minimum atomic E-state index is -1.18. The van der Waals surface area contributed by atoms with Gasteiger partial charge in [0.15, 0.2) is 6.61 Å². The van der Waals surface area contributed by atoms with Gasteiger partial charge in [-0.25, -0.2) is 10.3 Å². The summed E-state index contributed by atoms with van der Waals surface area (Å²) in [6.45, 7) is 0.537. The van der Waals surface area contributed by atoms with Crippen molar-refractivity contribution in [2.24, 2.45) is 5.92 Å². The Morgan fingerprint density at radius 3 is 2.89 bits per heavy atom. The van der Waals surface area contributed by atoms with Gasteiger partial charge in [0.05, 0.1) is 12.5 Å². The van der Waals surface area contributed by atoms with E-state index in [1.165, 1.54) is 12.0 Å². The van der Waals surface area contributed by atoms with Crippen molar-refractivity contribution in [3.05, 3.63) is 0 Å². The number of nitrogens with zero attached hydrogens (tertiary/aromatic N) is 1. The molecule has 8 heteroatoms. The Balaban J connectivity index is 2.33. The number of rotatable bonds is 7. The molecule has 18 heavy (non-hydrogen) atoms. The van der Waals surface area contributed by atoms with Crippen LogP contribution < -0.4 is 5.48 Å². The number of likely N-dealkylation sites (tertiary alicyclic amines) is 1. The van der Waals surface area contributed by atoms with Gasteiger partial charge >= 0.3 is 5.97 Å². The first-order valence-corrected chi connectivity index (χ1v) is 5.44. The van der Waals surface area contributed by atoms with E-state index in [-0.39, 0.29) is 12.3 Å². The molecule has 0 saturated carbocycles. The normalized spacial score (nSPS) is 19.1. The van der Waals surface area contributed by atoms with Crippen LogP contribution in [0.1, 0.15) is 6.42 Å². The summed E-state index contributed by atoms with van der Waals surface area (Å²) in [6, 6.07) is 0. The Morgan fingerprint density at radius 2 is 2.28 bits per heavy atom. The quantitative estimate of drug-likeness (QED) is 0.546. The lowest BCUT2D eigenvalue weighted by atomic mass is 10.1. The van der Waals surface area contributed by atoms with Crippen LogP contribution in [0.5, 0.6) is 0 Å². The second kappa shape index (κ2) is 6.92.